The van der Waals surface area contributed by atoms with Gasteiger partial charge in [0.05, 0.1) is 11.1 Å². The number of halogens is 2. The fourth-order valence-corrected chi connectivity index (χ4v) is 2.94. The van der Waals surface area contributed by atoms with E-state index in [0.29, 0.717) is 39.2 Å². The van der Waals surface area contributed by atoms with Gasteiger partial charge in [-0.3, -0.25) is 4.79 Å². The largest absolute Gasteiger partial charge is 0.490 e. The van der Waals surface area contributed by atoms with Gasteiger partial charge in [0.2, 0.25) is 0 Å². The summed E-state index contributed by atoms with van der Waals surface area (Å²) in [6.45, 7) is 4.86. The van der Waals surface area contributed by atoms with Gasteiger partial charge in [0, 0.05) is 10.0 Å². The molecule has 0 bridgehead atoms. The van der Waals surface area contributed by atoms with Gasteiger partial charge in [0.25, 0.3) is 0 Å². The molecule has 5 heteroatoms. The standard InChI is InChI=1S/C17H16Br2O3/c1-3-21-14-8-13(9-20)15(18)16(19)17(14)22-10-12-7-5-4-6-11(12)2/h4-9H,3,10H2,1-2H3. The molecule has 0 fully saturated rings. The molecule has 0 unspecified atom stereocenters. The third kappa shape index (κ3) is 3.70. The molecule has 0 aromatic heterocycles. The highest BCUT2D eigenvalue weighted by Crippen LogP contribution is 2.42. The van der Waals surface area contributed by atoms with E-state index in [9.17, 15) is 4.79 Å². The SMILES string of the molecule is CCOc1cc(C=O)c(Br)c(Br)c1OCc1ccccc1C. The Labute approximate surface area is 146 Å². The van der Waals surface area contributed by atoms with Crippen LogP contribution in [-0.4, -0.2) is 12.9 Å². The average Bonchev–Trinajstić information content (AvgIpc) is 2.52. The lowest BCUT2D eigenvalue weighted by atomic mass is 10.1. The van der Waals surface area contributed by atoms with Crippen LogP contribution in [0.3, 0.4) is 0 Å². The van der Waals surface area contributed by atoms with Crippen molar-refractivity contribution in [3.63, 3.8) is 0 Å². The number of carbonyl (C=O) groups is 1. The topological polar surface area (TPSA) is 35.5 Å². The van der Waals surface area contributed by atoms with Gasteiger partial charge in [0.15, 0.2) is 17.8 Å². The smallest absolute Gasteiger partial charge is 0.177 e. The Morgan fingerprint density at radius 3 is 2.50 bits per heavy atom. The van der Waals surface area contributed by atoms with E-state index in [1.165, 1.54) is 5.56 Å². The normalized spacial score (nSPS) is 10.4. The molecular weight excluding hydrogens is 412 g/mol. The number of aryl methyl sites for hydroxylation is 1. The Bertz CT molecular complexity index is 684. The minimum atomic E-state index is 0.429. The molecule has 22 heavy (non-hydrogen) atoms. The van der Waals surface area contributed by atoms with E-state index in [2.05, 4.69) is 31.9 Å². The molecule has 116 valence electrons. The van der Waals surface area contributed by atoms with Gasteiger partial charge < -0.3 is 9.47 Å². The third-order valence-electron chi connectivity index (χ3n) is 3.22. The Kier molecular flexibility index (Phi) is 6.03. The van der Waals surface area contributed by atoms with Crippen LogP contribution in [0, 0.1) is 6.92 Å². The van der Waals surface area contributed by atoms with E-state index in [1.807, 2.05) is 38.1 Å². The maximum absolute atomic E-state index is 11.1. The first-order valence-corrected chi connectivity index (χ1v) is 8.44. The zero-order valence-electron chi connectivity index (χ0n) is 12.4. The van der Waals surface area contributed by atoms with Gasteiger partial charge in [-0.15, -0.1) is 0 Å². The fourth-order valence-electron chi connectivity index (χ4n) is 2.01. The molecule has 2 aromatic carbocycles. The molecular formula is C17H16Br2O3. The Morgan fingerprint density at radius 1 is 1.14 bits per heavy atom. The van der Waals surface area contributed by atoms with Crippen molar-refractivity contribution >= 4 is 38.1 Å². The molecule has 3 nitrogen and oxygen atoms in total. The van der Waals surface area contributed by atoms with Gasteiger partial charge >= 0.3 is 0 Å². The predicted molar refractivity (Wildman–Crippen MR) is 93.9 cm³/mol. The van der Waals surface area contributed by atoms with Crippen molar-refractivity contribution in [1.29, 1.82) is 0 Å². The van der Waals surface area contributed by atoms with Crippen molar-refractivity contribution < 1.29 is 14.3 Å². The summed E-state index contributed by atoms with van der Waals surface area (Å²) < 4.78 is 12.9. The average molecular weight is 428 g/mol. The lowest BCUT2D eigenvalue weighted by molar-refractivity contribution is 0.112. The molecule has 0 saturated heterocycles. The third-order valence-corrected chi connectivity index (χ3v) is 5.36. The lowest BCUT2D eigenvalue weighted by Gasteiger charge is -2.16. The number of carbonyl (C=O) groups excluding carboxylic acids is 1. The summed E-state index contributed by atoms with van der Waals surface area (Å²) >= 11 is 6.88. The van der Waals surface area contributed by atoms with Crippen LogP contribution in [0.2, 0.25) is 0 Å². The maximum Gasteiger partial charge on any atom is 0.177 e. The molecule has 0 heterocycles. The second-order valence-corrected chi connectivity index (χ2v) is 6.27. The number of aldehydes is 1. The highest BCUT2D eigenvalue weighted by molar-refractivity contribution is 9.13. The van der Waals surface area contributed by atoms with E-state index in [-0.39, 0.29) is 0 Å². The summed E-state index contributed by atoms with van der Waals surface area (Å²) in [5.74, 6) is 1.14. The van der Waals surface area contributed by atoms with Gasteiger partial charge in [-0.25, -0.2) is 0 Å². The molecule has 2 rings (SSSR count). The van der Waals surface area contributed by atoms with Gasteiger partial charge in [-0.2, -0.15) is 0 Å². The van der Waals surface area contributed by atoms with E-state index in [1.54, 1.807) is 6.07 Å². The summed E-state index contributed by atoms with van der Waals surface area (Å²) in [6, 6.07) is 9.73. The molecule has 0 saturated carbocycles. The Morgan fingerprint density at radius 2 is 1.86 bits per heavy atom. The molecule has 0 spiro atoms. The van der Waals surface area contributed by atoms with E-state index in [0.717, 1.165) is 11.8 Å². The fraction of sp³-hybridized carbons (Fsp3) is 0.235. The van der Waals surface area contributed by atoms with E-state index < -0.39 is 0 Å². The van der Waals surface area contributed by atoms with Crippen molar-refractivity contribution in [2.24, 2.45) is 0 Å². The molecule has 0 amide bonds. The number of rotatable bonds is 6. The van der Waals surface area contributed by atoms with Gasteiger partial charge in [0.1, 0.15) is 6.61 Å². The first-order chi connectivity index (χ1) is 10.6. The molecule has 0 aliphatic heterocycles. The van der Waals surface area contributed by atoms with Crippen molar-refractivity contribution in [2.75, 3.05) is 6.61 Å². The zero-order chi connectivity index (χ0) is 16.1. The van der Waals surface area contributed by atoms with Gasteiger partial charge in [-0.05, 0) is 62.9 Å². The number of benzene rings is 2. The minimum absolute atomic E-state index is 0.429. The van der Waals surface area contributed by atoms with Crippen LogP contribution in [-0.2, 0) is 6.61 Å². The summed E-state index contributed by atoms with van der Waals surface area (Å²) in [4.78, 5) is 11.1. The van der Waals surface area contributed by atoms with Gasteiger partial charge in [-0.1, -0.05) is 24.3 Å². The van der Waals surface area contributed by atoms with E-state index in [4.69, 9.17) is 9.47 Å². The van der Waals surface area contributed by atoms with Crippen molar-refractivity contribution in [3.05, 3.63) is 56.0 Å². The second-order valence-electron chi connectivity index (χ2n) is 4.69. The Balaban J connectivity index is 2.35. The minimum Gasteiger partial charge on any atom is -0.490 e. The van der Waals surface area contributed by atoms with Crippen LogP contribution in [0.25, 0.3) is 0 Å². The lowest BCUT2D eigenvalue weighted by Crippen LogP contribution is -2.03. The molecule has 0 atom stereocenters. The van der Waals surface area contributed by atoms with Crippen LogP contribution in [0.1, 0.15) is 28.4 Å². The number of hydrogen-bond donors (Lipinski definition) is 0. The number of hydrogen-bond acceptors (Lipinski definition) is 3. The predicted octanol–water partition coefficient (Wildman–Crippen LogP) is 5.31. The molecule has 2 aromatic rings. The van der Waals surface area contributed by atoms with Crippen LogP contribution in [0.15, 0.2) is 39.3 Å². The Hall–Kier alpha value is -1.33. The highest BCUT2D eigenvalue weighted by Gasteiger charge is 2.17. The molecule has 0 aliphatic carbocycles. The molecule has 0 radical (unpaired) electrons. The summed E-state index contributed by atoms with van der Waals surface area (Å²) in [6.07, 6.45) is 0.780. The van der Waals surface area contributed by atoms with Crippen LogP contribution in [0.5, 0.6) is 11.5 Å². The first kappa shape index (κ1) is 17.0. The summed E-state index contributed by atoms with van der Waals surface area (Å²) in [5.41, 5.74) is 2.78. The van der Waals surface area contributed by atoms with Crippen molar-refractivity contribution in [1.82, 2.24) is 0 Å². The van der Waals surface area contributed by atoms with Crippen molar-refractivity contribution in [3.8, 4) is 11.5 Å². The maximum atomic E-state index is 11.1. The zero-order valence-corrected chi connectivity index (χ0v) is 15.5. The van der Waals surface area contributed by atoms with Crippen LogP contribution >= 0.6 is 31.9 Å². The van der Waals surface area contributed by atoms with Crippen LogP contribution < -0.4 is 9.47 Å². The van der Waals surface area contributed by atoms with Crippen LogP contribution in [0.4, 0.5) is 0 Å². The second kappa shape index (κ2) is 7.79. The summed E-state index contributed by atoms with van der Waals surface area (Å²) in [7, 11) is 0. The van der Waals surface area contributed by atoms with Crippen molar-refractivity contribution in [2.45, 2.75) is 20.5 Å². The molecule has 0 N–H and O–H groups in total. The highest BCUT2D eigenvalue weighted by atomic mass is 79.9. The number of ether oxygens (including phenoxy) is 2. The van der Waals surface area contributed by atoms with E-state index >= 15 is 0 Å². The summed E-state index contributed by atoms with van der Waals surface area (Å²) in [5, 5.41) is 0. The monoisotopic (exact) mass is 426 g/mol. The quantitative estimate of drug-likeness (QED) is 0.586. The first-order valence-electron chi connectivity index (χ1n) is 6.85. The molecule has 0 aliphatic rings.